The van der Waals surface area contributed by atoms with Crippen LogP contribution in [0.2, 0.25) is 0 Å². The first kappa shape index (κ1) is 22.5. The lowest BCUT2D eigenvalue weighted by molar-refractivity contribution is 0.371. The monoisotopic (exact) mass is 493 g/mol. The first-order chi connectivity index (χ1) is 17.3. The van der Waals surface area contributed by atoms with Crippen LogP contribution in [0.1, 0.15) is 37.5 Å². The van der Waals surface area contributed by atoms with E-state index in [1.165, 1.54) is 16.7 Å². The van der Waals surface area contributed by atoms with Crippen LogP contribution in [-0.4, -0.2) is 17.8 Å². The Morgan fingerprint density at radius 1 is 1.00 bits per heavy atom. The van der Waals surface area contributed by atoms with Gasteiger partial charge in [0.2, 0.25) is 0 Å². The van der Waals surface area contributed by atoms with E-state index in [9.17, 15) is 5.11 Å². The Kier molecular flexibility index (Phi) is 5.20. The summed E-state index contributed by atoms with van der Waals surface area (Å²) in [6.07, 6.45) is 4.35. The van der Waals surface area contributed by atoms with Crippen molar-refractivity contribution in [2.45, 2.75) is 26.3 Å². The predicted octanol–water partition coefficient (Wildman–Crippen LogP) is 8.29. The highest BCUT2D eigenvalue weighted by Crippen LogP contribution is 2.54. The van der Waals surface area contributed by atoms with Crippen molar-refractivity contribution in [3.8, 4) is 39.5 Å². The van der Waals surface area contributed by atoms with Crippen LogP contribution in [0, 0.1) is 0 Å². The average Bonchev–Trinajstić information content (AvgIpc) is 3.38. The van der Waals surface area contributed by atoms with Crippen LogP contribution < -0.4 is 14.8 Å². The Bertz CT molecular complexity index is 1560. The molecule has 3 heterocycles. The average molecular weight is 494 g/mol. The molecule has 180 valence electrons. The molecule has 36 heavy (non-hydrogen) atoms. The number of methoxy groups -OCH3 is 1. The third-order valence-electron chi connectivity index (χ3n) is 6.71. The molecule has 4 aromatic rings. The van der Waals surface area contributed by atoms with Gasteiger partial charge in [-0.1, -0.05) is 30.3 Å². The van der Waals surface area contributed by atoms with Gasteiger partial charge >= 0.3 is 0 Å². The molecule has 0 bridgehead atoms. The molecule has 0 radical (unpaired) electrons. The van der Waals surface area contributed by atoms with Crippen LogP contribution in [0.15, 0.2) is 71.4 Å². The smallest absolute Gasteiger partial charge is 0.172 e. The zero-order valence-electron chi connectivity index (χ0n) is 20.7. The van der Waals surface area contributed by atoms with Gasteiger partial charge in [-0.05, 0) is 90.2 Å². The number of phenols is 1. The summed E-state index contributed by atoms with van der Waals surface area (Å²) in [6.45, 7) is 6.47. The fourth-order valence-corrected chi connectivity index (χ4v) is 6.00. The number of benzene rings is 3. The van der Waals surface area contributed by atoms with Gasteiger partial charge in [0.1, 0.15) is 11.5 Å². The van der Waals surface area contributed by atoms with Crippen molar-refractivity contribution in [3.63, 3.8) is 0 Å². The summed E-state index contributed by atoms with van der Waals surface area (Å²) >= 11 is 1.69. The van der Waals surface area contributed by atoms with E-state index in [2.05, 4.69) is 91.5 Å². The van der Waals surface area contributed by atoms with Gasteiger partial charge in [0, 0.05) is 22.4 Å². The highest BCUT2D eigenvalue weighted by molar-refractivity contribution is 7.08. The molecule has 0 saturated heterocycles. The molecular formula is C31H27NO3S. The molecule has 4 nitrogen and oxygen atoms in total. The van der Waals surface area contributed by atoms with Gasteiger partial charge < -0.3 is 19.9 Å². The highest BCUT2D eigenvalue weighted by atomic mass is 32.1. The molecule has 6 rings (SSSR count). The van der Waals surface area contributed by atoms with Gasteiger partial charge in [0.05, 0.1) is 18.2 Å². The summed E-state index contributed by atoms with van der Waals surface area (Å²) in [7, 11) is 1.57. The van der Waals surface area contributed by atoms with Crippen LogP contribution in [0.3, 0.4) is 0 Å². The van der Waals surface area contributed by atoms with Crippen molar-refractivity contribution in [1.82, 2.24) is 0 Å². The van der Waals surface area contributed by atoms with E-state index in [1.807, 2.05) is 0 Å². The lowest BCUT2D eigenvalue weighted by Crippen LogP contribution is -2.32. The number of allylic oxidation sites excluding steroid dienone is 1. The van der Waals surface area contributed by atoms with Gasteiger partial charge in [-0.15, -0.1) is 0 Å². The minimum Gasteiger partial charge on any atom is -0.504 e. The second kappa shape index (κ2) is 8.32. The maximum Gasteiger partial charge on any atom is 0.172 e. The quantitative estimate of drug-likeness (QED) is 0.301. The van der Waals surface area contributed by atoms with Crippen LogP contribution in [0.4, 0.5) is 5.69 Å². The van der Waals surface area contributed by atoms with Crippen LogP contribution >= 0.6 is 11.3 Å². The summed E-state index contributed by atoms with van der Waals surface area (Å²) in [5.41, 5.74) is 9.32. The number of phenolic OH excluding ortho intramolecular Hbond substituents is 1. The second-order valence-corrected chi connectivity index (χ2v) is 10.6. The normalized spacial score (nSPS) is 16.2. The fraction of sp³-hybridized carbons (Fsp3) is 0.161. The Morgan fingerprint density at radius 2 is 1.86 bits per heavy atom. The van der Waals surface area contributed by atoms with E-state index in [0.717, 1.165) is 39.3 Å². The van der Waals surface area contributed by atoms with Crippen LogP contribution in [0.5, 0.6) is 17.2 Å². The van der Waals surface area contributed by atoms with Crippen LogP contribution in [0.25, 0.3) is 39.7 Å². The molecule has 1 aromatic heterocycles. The largest absolute Gasteiger partial charge is 0.504 e. The van der Waals surface area contributed by atoms with Gasteiger partial charge in [0.25, 0.3) is 0 Å². The van der Waals surface area contributed by atoms with Crippen molar-refractivity contribution < 1.29 is 14.6 Å². The zero-order valence-corrected chi connectivity index (χ0v) is 21.5. The van der Waals surface area contributed by atoms with Crippen molar-refractivity contribution in [1.29, 1.82) is 0 Å². The van der Waals surface area contributed by atoms with Crippen molar-refractivity contribution in [3.05, 3.63) is 88.1 Å². The zero-order chi connectivity index (χ0) is 25.0. The third kappa shape index (κ3) is 3.67. The van der Waals surface area contributed by atoms with Gasteiger partial charge in [-0.25, -0.2) is 0 Å². The Balaban J connectivity index is 1.61. The molecule has 0 atom stereocenters. The molecule has 0 saturated carbocycles. The first-order valence-electron chi connectivity index (χ1n) is 11.9. The Morgan fingerprint density at radius 3 is 2.64 bits per heavy atom. The fourth-order valence-electron chi connectivity index (χ4n) is 5.34. The van der Waals surface area contributed by atoms with E-state index in [4.69, 9.17) is 9.47 Å². The lowest BCUT2D eigenvalue weighted by Gasteiger charge is -2.35. The minimum absolute atomic E-state index is 0.0888. The summed E-state index contributed by atoms with van der Waals surface area (Å²) in [5.74, 6) is 1.92. The van der Waals surface area contributed by atoms with Crippen molar-refractivity contribution in [2.24, 2.45) is 0 Å². The summed E-state index contributed by atoms with van der Waals surface area (Å²) in [4.78, 5) is 0. The van der Waals surface area contributed by atoms with Gasteiger partial charge in [-0.2, -0.15) is 11.3 Å². The summed E-state index contributed by atoms with van der Waals surface area (Å²) in [5, 5.41) is 18.5. The molecule has 2 N–H and O–H groups in total. The van der Waals surface area contributed by atoms with Gasteiger partial charge in [0.15, 0.2) is 11.5 Å². The van der Waals surface area contributed by atoms with Crippen molar-refractivity contribution in [2.75, 3.05) is 12.4 Å². The molecule has 0 fully saturated rings. The minimum atomic E-state index is -0.159. The number of rotatable bonds is 3. The molecule has 3 aromatic carbocycles. The number of thiophene rings is 1. The van der Waals surface area contributed by atoms with Crippen LogP contribution in [-0.2, 0) is 0 Å². The molecular weight excluding hydrogens is 466 g/mol. The number of nitrogens with one attached hydrogen (secondary N) is 1. The van der Waals surface area contributed by atoms with Crippen molar-refractivity contribution >= 4 is 34.4 Å². The first-order valence-corrected chi connectivity index (χ1v) is 12.9. The SMILES string of the molecule is COc1c(O)ccc2c1-c1ccc3c(c1C(=Cc1cccc(-c4ccsc4)c1)O2)C(C)=CC(C)(C)N3. The molecule has 0 unspecified atom stereocenters. The van der Waals surface area contributed by atoms with E-state index in [-0.39, 0.29) is 11.3 Å². The number of hydrogen-bond acceptors (Lipinski definition) is 5. The number of aromatic hydroxyl groups is 1. The Labute approximate surface area is 215 Å². The lowest BCUT2D eigenvalue weighted by atomic mass is 9.82. The van der Waals surface area contributed by atoms with E-state index in [1.54, 1.807) is 30.6 Å². The maximum absolute atomic E-state index is 10.6. The van der Waals surface area contributed by atoms with E-state index >= 15 is 0 Å². The van der Waals surface area contributed by atoms with E-state index < -0.39 is 0 Å². The molecule has 0 spiro atoms. The standard InChI is InChI=1S/C31H27NO3S/c1-18-16-31(2,3)32-23-9-8-22-28(27(18)23)26(35-25-11-10-24(33)30(34-4)29(22)25)15-19-6-5-7-20(14-19)21-12-13-36-17-21/h5-17,32-33H,1-4H3. The molecule has 2 aliphatic rings. The molecule has 5 heteroatoms. The summed E-state index contributed by atoms with van der Waals surface area (Å²) < 4.78 is 12.2. The molecule has 2 aliphatic heterocycles. The predicted molar refractivity (Wildman–Crippen MR) is 150 cm³/mol. The maximum atomic E-state index is 10.6. The second-order valence-electron chi connectivity index (χ2n) is 9.82. The topological polar surface area (TPSA) is 50.7 Å². The number of hydrogen-bond donors (Lipinski definition) is 2. The van der Waals surface area contributed by atoms with E-state index in [0.29, 0.717) is 11.5 Å². The highest BCUT2D eigenvalue weighted by Gasteiger charge is 2.33. The molecule has 0 aliphatic carbocycles. The van der Waals surface area contributed by atoms with Gasteiger partial charge in [-0.3, -0.25) is 0 Å². The summed E-state index contributed by atoms with van der Waals surface area (Å²) in [6, 6.07) is 18.2. The number of anilines is 1. The third-order valence-corrected chi connectivity index (χ3v) is 7.39. The molecule has 0 amide bonds. The number of ether oxygens (including phenoxy) is 2. The number of fused-ring (bicyclic) bond motifs is 5. The Hall–Kier alpha value is -3.96.